The third-order valence-corrected chi connectivity index (χ3v) is 5.21. The molecule has 1 amide bonds. The zero-order valence-corrected chi connectivity index (χ0v) is 16.9. The van der Waals surface area contributed by atoms with Crippen LogP contribution in [-0.2, 0) is 4.79 Å². The van der Waals surface area contributed by atoms with Gasteiger partial charge in [-0.15, -0.1) is 0 Å². The average Bonchev–Trinajstić information content (AvgIpc) is 2.95. The van der Waals surface area contributed by atoms with Crippen molar-refractivity contribution in [2.45, 2.75) is 6.92 Å². The summed E-state index contributed by atoms with van der Waals surface area (Å²) in [5.74, 6) is 1.70. The van der Waals surface area contributed by atoms with Crippen molar-refractivity contribution >= 4 is 46.0 Å². The van der Waals surface area contributed by atoms with Gasteiger partial charge in [-0.3, -0.25) is 9.69 Å². The predicted molar refractivity (Wildman–Crippen MR) is 113 cm³/mol. The lowest BCUT2D eigenvalue weighted by Gasteiger charge is -2.17. The molecule has 0 saturated carbocycles. The fourth-order valence-corrected chi connectivity index (χ4v) is 3.98. The minimum Gasteiger partial charge on any atom is -0.495 e. The number of rotatable bonds is 6. The molecule has 0 unspecified atom stereocenters. The molecular formula is C20H19NO4S2. The van der Waals surface area contributed by atoms with Gasteiger partial charge in [0, 0.05) is 0 Å². The molecule has 3 rings (SSSR count). The van der Waals surface area contributed by atoms with Gasteiger partial charge in [-0.2, -0.15) is 0 Å². The quantitative estimate of drug-likeness (QED) is 0.524. The molecule has 2 aromatic rings. The Hall–Kier alpha value is -2.51. The predicted octanol–water partition coefficient (Wildman–Crippen LogP) is 4.51. The Labute approximate surface area is 167 Å². The number of nitrogens with zero attached hydrogens (tertiary/aromatic N) is 1. The van der Waals surface area contributed by atoms with Crippen LogP contribution in [0.5, 0.6) is 17.2 Å². The van der Waals surface area contributed by atoms with Crippen molar-refractivity contribution < 1.29 is 19.0 Å². The van der Waals surface area contributed by atoms with Crippen molar-refractivity contribution in [3.8, 4) is 17.2 Å². The fraction of sp³-hybridized carbons (Fsp3) is 0.200. The van der Waals surface area contributed by atoms with Crippen LogP contribution in [0.4, 0.5) is 5.69 Å². The van der Waals surface area contributed by atoms with Gasteiger partial charge in [0.15, 0.2) is 15.8 Å². The van der Waals surface area contributed by atoms with E-state index in [2.05, 4.69) is 0 Å². The summed E-state index contributed by atoms with van der Waals surface area (Å²) in [6.45, 7) is 2.43. The topological polar surface area (TPSA) is 48.0 Å². The number of carbonyl (C=O) groups excluding carboxylic acids is 1. The third-order valence-electron chi connectivity index (χ3n) is 3.91. The first-order valence-electron chi connectivity index (χ1n) is 8.30. The number of ether oxygens (including phenoxy) is 3. The average molecular weight is 402 g/mol. The highest BCUT2D eigenvalue weighted by Gasteiger charge is 2.34. The summed E-state index contributed by atoms with van der Waals surface area (Å²) in [7, 11) is 3.16. The molecule has 0 N–H and O–H groups in total. The summed E-state index contributed by atoms with van der Waals surface area (Å²) in [6.07, 6.45) is 1.80. The number of methoxy groups -OCH3 is 2. The number of thiocarbonyl (C=S) groups is 1. The molecule has 0 spiro atoms. The number of thioether (sulfide) groups is 1. The summed E-state index contributed by atoms with van der Waals surface area (Å²) in [4.78, 5) is 15.0. The van der Waals surface area contributed by atoms with E-state index in [9.17, 15) is 4.79 Å². The first kappa shape index (κ1) is 19.3. The number of benzene rings is 2. The van der Waals surface area contributed by atoms with Gasteiger partial charge in [0.25, 0.3) is 5.91 Å². The molecule has 1 heterocycles. The van der Waals surface area contributed by atoms with Crippen molar-refractivity contribution in [2.24, 2.45) is 0 Å². The number of hydrogen-bond donors (Lipinski definition) is 0. The second-order valence-corrected chi connectivity index (χ2v) is 7.21. The van der Waals surface area contributed by atoms with Crippen LogP contribution in [0.1, 0.15) is 12.5 Å². The second-order valence-electron chi connectivity index (χ2n) is 5.53. The van der Waals surface area contributed by atoms with Crippen LogP contribution in [0, 0.1) is 0 Å². The fourth-order valence-electron chi connectivity index (χ4n) is 2.69. The maximum absolute atomic E-state index is 13.0. The van der Waals surface area contributed by atoms with Crippen molar-refractivity contribution in [3.05, 3.63) is 52.9 Å². The van der Waals surface area contributed by atoms with Crippen molar-refractivity contribution in [3.63, 3.8) is 0 Å². The number of para-hydroxylation sites is 2. The third kappa shape index (κ3) is 3.94. The summed E-state index contributed by atoms with van der Waals surface area (Å²) >= 11 is 6.70. The van der Waals surface area contributed by atoms with Crippen LogP contribution in [0.2, 0.25) is 0 Å². The van der Waals surface area contributed by atoms with Gasteiger partial charge in [-0.25, -0.2) is 0 Å². The summed E-state index contributed by atoms with van der Waals surface area (Å²) in [5, 5.41) is 0. The zero-order valence-electron chi connectivity index (χ0n) is 15.2. The standard InChI is InChI=1S/C20H19NO4S2/c1-4-25-17-11-13(9-10-16(17)24-3)12-18-19(22)21(20(26)27-18)14-7-5-6-8-15(14)23-2/h5-12H,4H2,1-3H3/b18-12-. The molecular weight excluding hydrogens is 382 g/mol. The molecule has 0 aliphatic carbocycles. The lowest BCUT2D eigenvalue weighted by Crippen LogP contribution is -2.27. The van der Waals surface area contributed by atoms with Crippen LogP contribution < -0.4 is 19.1 Å². The molecule has 140 valence electrons. The van der Waals surface area contributed by atoms with Crippen LogP contribution in [0.3, 0.4) is 0 Å². The monoisotopic (exact) mass is 401 g/mol. The van der Waals surface area contributed by atoms with Gasteiger partial charge in [0.1, 0.15) is 5.75 Å². The molecule has 1 aliphatic rings. The van der Waals surface area contributed by atoms with E-state index in [-0.39, 0.29) is 5.91 Å². The molecule has 0 atom stereocenters. The van der Waals surface area contributed by atoms with E-state index < -0.39 is 0 Å². The molecule has 0 aromatic heterocycles. The number of carbonyl (C=O) groups is 1. The van der Waals surface area contributed by atoms with E-state index in [1.165, 1.54) is 16.7 Å². The van der Waals surface area contributed by atoms with Crippen LogP contribution in [0.15, 0.2) is 47.4 Å². The van der Waals surface area contributed by atoms with Gasteiger partial charge in [-0.1, -0.05) is 42.2 Å². The Morgan fingerprint density at radius 3 is 2.52 bits per heavy atom. The SMILES string of the molecule is CCOc1cc(/C=C2\SC(=S)N(c3ccccc3OC)C2=O)ccc1OC. The number of anilines is 1. The highest BCUT2D eigenvalue weighted by Crippen LogP contribution is 2.40. The highest BCUT2D eigenvalue weighted by atomic mass is 32.2. The van der Waals surface area contributed by atoms with Gasteiger partial charge >= 0.3 is 0 Å². The van der Waals surface area contributed by atoms with Gasteiger partial charge in [0.2, 0.25) is 0 Å². The molecule has 5 nitrogen and oxygen atoms in total. The van der Waals surface area contributed by atoms with E-state index in [4.69, 9.17) is 26.4 Å². The Bertz CT molecular complexity index is 911. The van der Waals surface area contributed by atoms with E-state index in [1.807, 2.05) is 43.3 Å². The van der Waals surface area contributed by atoms with Crippen LogP contribution in [0.25, 0.3) is 6.08 Å². The van der Waals surface area contributed by atoms with Gasteiger partial charge in [0.05, 0.1) is 31.4 Å². The largest absolute Gasteiger partial charge is 0.495 e. The highest BCUT2D eigenvalue weighted by molar-refractivity contribution is 8.27. The number of amides is 1. The second kappa shape index (κ2) is 8.45. The maximum atomic E-state index is 13.0. The first-order chi connectivity index (χ1) is 13.1. The molecule has 0 radical (unpaired) electrons. The lowest BCUT2D eigenvalue weighted by atomic mass is 10.1. The molecule has 1 fully saturated rings. The normalized spacial score (nSPS) is 15.4. The summed E-state index contributed by atoms with van der Waals surface area (Å²) < 4.78 is 16.7. The number of hydrogen-bond acceptors (Lipinski definition) is 6. The van der Waals surface area contributed by atoms with Gasteiger partial charge in [-0.05, 0) is 42.8 Å². The molecule has 1 aliphatic heterocycles. The first-order valence-corrected chi connectivity index (χ1v) is 9.53. The van der Waals surface area contributed by atoms with E-state index in [0.29, 0.717) is 38.8 Å². The Balaban J connectivity index is 1.94. The van der Waals surface area contributed by atoms with E-state index in [1.54, 1.807) is 26.4 Å². The zero-order chi connectivity index (χ0) is 19.4. The molecule has 27 heavy (non-hydrogen) atoms. The molecule has 2 aromatic carbocycles. The van der Waals surface area contributed by atoms with Crippen LogP contribution in [-0.4, -0.2) is 31.1 Å². The Kier molecular flexibility index (Phi) is 6.03. The van der Waals surface area contributed by atoms with Crippen molar-refractivity contribution in [2.75, 3.05) is 25.7 Å². The van der Waals surface area contributed by atoms with Crippen molar-refractivity contribution in [1.82, 2.24) is 0 Å². The van der Waals surface area contributed by atoms with Gasteiger partial charge < -0.3 is 14.2 Å². The summed E-state index contributed by atoms with van der Waals surface area (Å²) in [5.41, 5.74) is 1.47. The van der Waals surface area contributed by atoms with E-state index >= 15 is 0 Å². The molecule has 0 bridgehead atoms. The minimum absolute atomic E-state index is 0.178. The Morgan fingerprint density at radius 1 is 1.07 bits per heavy atom. The molecule has 7 heteroatoms. The summed E-state index contributed by atoms with van der Waals surface area (Å²) in [6, 6.07) is 12.8. The minimum atomic E-state index is -0.178. The van der Waals surface area contributed by atoms with E-state index in [0.717, 1.165) is 5.56 Å². The smallest absolute Gasteiger partial charge is 0.270 e. The Morgan fingerprint density at radius 2 is 1.81 bits per heavy atom. The van der Waals surface area contributed by atoms with Crippen LogP contribution >= 0.6 is 24.0 Å². The van der Waals surface area contributed by atoms with Crippen molar-refractivity contribution in [1.29, 1.82) is 0 Å². The molecule has 1 saturated heterocycles. The lowest BCUT2D eigenvalue weighted by molar-refractivity contribution is -0.113. The maximum Gasteiger partial charge on any atom is 0.270 e.